The van der Waals surface area contributed by atoms with Crippen LogP contribution < -0.4 is 4.74 Å². The highest BCUT2D eigenvalue weighted by Crippen LogP contribution is 2.26. The molecule has 1 aliphatic rings. The van der Waals surface area contributed by atoms with Crippen molar-refractivity contribution in [2.45, 2.75) is 32.5 Å². The van der Waals surface area contributed by atoms with E-state index < -0.39 is 0 Å². The molecule has 1 aromatic carbocycles. The van der Waals surface area contributed by atoms with Crippen molar-refractivity contribution >= 4 is 11.3 Å². The van der Waals surface area contributed by atoms with E-state index in [9.17, 15) is 0 Å². The maximum Gasteiger partial charge on any atom is 0.214 e. The minimum Gasteiger partial charge on any atom is -0.496 e. The smallest absolute Gasteiger partial charge is 0.214 e. The molecule has 2 aromatic heterocycles. The highest BCUT2D eigenvalue weighted by atomic mass is 32.1. The van der Waals surface area contributed by atoms with Crippen LogP contribution in [0.4, 0.5) is 0 Å². The Bertz CT molecular complexity index is 912. The van der Waals surface area contributed by atoms with E-state index >= 15 is 0 Å². The van der Waals surface area contributed by atoms with Crippen molar-refractivity contribution in [3.8, 4) is 16.5 Å². The molecular weight excluding hydrogens is 386 g/mol. The molecule has 3 aromatic rings. The topological polar surface area (TPSA) is 65.3 Å². The summed E-state index contributed by atoms with van der Waals surface area (Å²) in [5, 5.41) is 15.1. The zero-order valence-electron chi connectivity index (χ0n) is 17.0. The lowest BCUT2D eigenvalue weighted by Gasteiger charge is -2.32. The van der Waals surface area contributed by atoms with E-state index in [0.717, 1.165) is 36.8 Å². The minimum atomic E-state index is 0.516. The van der Waals surface area contributed by atoms with Gasteiger partial charge in [-0.1, -0.05) is 12.1 Å². The van der Waals surface area contributed by atoms with E-state index in [1.54, 1.807) is 30.4 Å². The van der Waals surface area contributed by atoms with Crippen LogP contribution >= 0.6 is 11.3 Å². The number of tetrazole rings is 1. The van der Waals surface area contributed by atoms with Crippen LogP contribution in [0.25, 0.3) is 10.7 Å². The van der Waals surface area contributed by atoms with Gasteiger partial charge in [-0.2, -0.15) is 4.80 Å². The summed E-state index contributed by atoms with van der Waals surface area (Å²) in [6.45, 7) is 4.41. The van der Waals surface area contributed by atoms with E-state index in [1.165, 1.54) is 24.0 Å². The van der Waals surface area contributed by atoms with Crippen LogP contribution in [0.3, 0.4) is 0 Å². The van der Waals surface area contributed by atoms with Crippen LogP contribution in [-0.4, -0.2) is 52.4 Å². The fourth-order valence-corrected chi connectivity index (χ4v) is 4.60. The third-order valence-corrected chi connectivity index (χ3v) is 6.13. The number of thiophene rings is 1. The fraction of sp³-hybridized carbons (Fsp3) is 0.476. The maximum atomic E-state index is 5.58. The number of ether oxygens (including phenoxy) is 2. The number of likely N-dealkylation sites (tertiary alicyclic amines) is 1. The van der Waals surface area contributed by atoms with Gasteiger partial charge in [-0.3, -0.25) is 4.90 Å². The molecule has 3 heterocycles. The van der Waals surface area contributed by atoms with Gasteiger partial charge in [0.25, 0.3) is 0 Å². The molecule has 1 atom stereocenters. The number of piperidine rings is 1. The van der Waals surface area contributed by atoms with E-state index in [1.807, 2.05) is 23.6 Å². The van der Waals surface area contributed by atoms with Gasteiger partial charge < -0.3 is 9.47 Å². The fourth-order valence-electron chi connectivity index (χ4n) is 3.95. The monoisotopic (exact) mass is 413 g/mol. The van der Waals surface area contributed by atoms with Gasteiger partial charge in [0.2, 0.25) is 5.82 Å². The molecule has 1 fully saturated rings. The lowest BCUT2D eigenvalue weighted by molar-refractivity contribution is 0.148. The SMILES string of the molecule is COCc1ccc(OC)c(CN2CCC[C@H](Cn3nnc(-c4cccs4)n3)C2)c1. The molecule has 0 N–H and O–H groups in total. The molecule has 154 valence electrons. The van der Waals surface area contributed by atoms with Crippen LogP contribution in [0, 0.1) is 5.92 Å². The second kappa shape index (κ2) is 9.47. The number of benzene rings is 1. The molecule has 0 aliphatic carbocycles. The van der Waals surface area contributed by atoms with Crippen molar-refractivity contribution in [2.75, 3.05) is 27.3 Å². The number of rotatable bonds is 8. The van der Waals surface area contributed by atoms with E-state index in [-0.39, 0.29) is 0 Å². The normalized spacial score (nSPS) is 17.5. The molecule has 7 nitrogen and oxygen atoms in total. The highest BCUT2D eigenvalue weighted by molar-refractivity contribution is 7.13. The molecular formula is C21H27N5O2S. The Hall–Kier alpha value is -2.29. The lowest BCUT2D eigenvalue weighted by atomic mass is 9.97. The number of methoxy groups -OCH3 is 2. The summed E-state index contributed by atoms with van der Waals surface area (Å²) in [5.74, 6) is 2.17. The molecule has 0 amide bonds. The highest BCUT2D eigenvalue weighted by Gasteiger charge is 2.22. The van der Waals surface area contributed by atoms with Crippen molar-refractivity contribution in [1.29, 1.82) is 0 Å². The van der Waals surface area contributed by atoms with Gasteiger partial charge >= 0.3 is 0 Å². The molecule has 0 radical (unpaired) electrons. The third kappa shape index (κ3) is 5.01. The summed E-state index contributed by atoms with van der Waals surface area (Å²) in [7, 11) is 3.45. The van der Waals surface area contributed by atoms with Gasteiger partial charge in [-0.25, -0.2) is 0 Å². The quantitative estimate of drug-likeness (QED) is 0.563. The Kier molecular flexibility index (Phi) is 6.53. The van der Waals surface area contributed by atoms with E-state index in [4.69, 9.17) is 9.47 Å². The molecule has 8 heteroatoms. The summed E-state index contributed by atoms with van der Waals surface area (Å²) in [6, 6.07) is 10.3. The predicted octanol–water partition coefficient (Wildman–Crippen LogP) is 3.47. The van der Waals surface area contributed by atoms with Crippen LogP contribution in [-0.2, 0) is 24.4 Å². The summed E-state index contributed by atoms with van der Waals surface area (Å²) in [5.41, 5.74) is 2.38. The summed E-state index contributed by atoms with van der Waals surface area (Å²) >= 11 is 1.64. The average Bonchev–Trinajstić information content (AvgIpc) is 3.41. The predicted molar refractivity (Wildman–Crippen MR) is 113 cm³/mol. The summed E-state index contributed by atoms with van der Waals surface area (Å²) in [4.78, 5) is 5.31. The second-order valence-electron chi connectivity index (χ2n) is 7.47. The summed E-state index contributed by atoms with van der Waals surface area (Å²) in [6.07, 6.45) is 2.37. The van der Waals surface area contributed by atoms with Gasteiger partial charge in [0.15, 0.2) is 0 Å². The Morgan fingerprint density at radius 2 is 2.17 bits per heavy atom. The maximum absolute atomic E-state index is 5.58. The van der Waals surface area contributed by atoms with E-state index in [2.05, 4.69) is 32.4 Å². The van der Waals surface area contributed by atoms with Crippen LogP contribution in [0.15, 0.2) is 35.7 Å². The first kappa shape index (κ1) is 20.0. The number of nitrogens with zero attached hydrogens (tertiary/aromatic N) is 5. The molecule has 1 aliphatic heterocycles. The Morgan fingerprint density at radius 1 is 1.24 bits per heavy atom. The zero-order chi connectivity index (χ0) is 20.1. The van der Waals surface area contributed by atoms with Gasteiger partial charge in [0.1, 0.15) is 5.75 Å². The zero-order valence-corrected chi connectivity index (χ0v) is 17.8. The van der Waals surface area contributed by atoms with Crippen molar-refractivity contribution < 1.29 is 9.47 Å². The minimum absolute atomic E-state index is 0.516. The molecule has 0 saturated carbocycles. The largest absolute Gasteiger partial charge is 0.496 e. The molecule has 0 unspecified atom stereocenters. The van der Waals surface area contributed by atoms with Crippen LogP contribution in [0.5, 0.6) is 5.75 Å². The first-order valence-corrected chi connectivity index (χ1v) is 10.8. The molecule has 29 heavy (non-hydrogen) atoms. The van der Waals surface area contributed by atoms with Crippen LogP contribution in [0.2, 0.25) is 0 Å². The molecule has 4 rings (SSSR count). The number of hydrogen-bond acceptors (Lipinski definition) is 7. The van der Waals surface area contributed by atoms with Crippen molar-refractivity contribution in [2.24, 2.45) is 5.92 Å². The number of hydrogen-bond donors (Lipinski definition) is 0. The standard InChI is InChI=1S/C21H27N5O2S/c1-27-15-16-7-8-19(28-2)18(11-16)14-25-9-3-5-17(12-25)13-26-23-21(22-24-26)20-6-4-10-29-20/h4,6-8,10-11,17H,3,5,9,12-15H2,1-2H3/t17-/m0/s1. The molecule has 0 bridgehead atoms. The van der Waals surface area contributed by atoms with Crippen molar-refractivity contribution in [1.82, 2.24) is 25.1 Å². The van der Waals surface area contributed by atoms with Crippen LogP contribution in [0.1, 0.15) is 24.0 Å². The second-order valence-corrected chi connectivity index (χ2v) is 8.42. The van der Waals surface area contributed by atoms with Gasteiger partial charge in [-0.15, -0.1) is 21.5 Å². The van der Waals surface area contributed by atoms with Crippen molar-refractivity contribution in [3.05, 3.63) is 46.8 Å². The Morgan fingerprint density at radius 3 is 2.97 bits per heavy atom. The first-order valence-electron chi connectivity index (χ1n) is 9.94. The molecule has 1 saturated heterocycles. The lowest BCUT2D eigenvalue weighted by Crippen LogP contribution is -2.37. The van der Waals surface area contributed by atoms with Gasteiger partial charge in [0, 0.05) is 25.8 Å². The van der Waals surface area contributed by atoms with Crippen molar-refractivity contribution in [3.63, 3.8) is 0 Å². The number of aromatic nitrogens is 4. The Balaban J connectivity index is 1.39. The van der Waals surface area contributed by atoms with E-state index in [0.29, 0.717) is 18.3 Å². The average molecular weight is 414 g/mol. The van der Waals surface area contributed by atoms with Gasteiger partial charge in [0.05, 0.1) is 25.1 Å². The van der Waals surface area contributed by atoms with Gasteiger partial charge in [-0.05, 0) is 59.7 Å². The summed E-state index contributed by atoms with van der Waals surface area (Å²) < 4.78 is 10.9. The molecule has 0 spiro atoms. The third-order valence-electron chi connectivity index (χ3n) is 5.27. The Labute approximate surface area is 175 Å². The first-order chi connectivity index (χ1) is 14.2.